The van der Waals surface area contributed by atoms with Gasteiger partial charge in [0.05, 0.1) is 12.3 Å². The van der Waals surface area contributed by atoms with Gasteiger partial charge in [-0.1, -0.05) is 0 Å². The average Bonchev–Trinajstić information content (AvgIpc) is 1.99. The van der Waals surface area contributed by atoms with Crippen LogP contribution in [0.2, 0.25) is 0 Å². The molecule has 10 heavy (non-hydrogen) atoms. The quantitative estimate of drug-likeness (QED) is 0.429. The van der Waals surface area contributed by atoms with Gasteiger partial charge < -0.3 is 5.73 Å². The van der Waals surface area contributed by atoms with Crippen molar-refractivity contribution in [2.24, 2.45) is 15.7 Å². The van der Waals surface area contributed by atoms with E-state index in [0.29, 0.717) is 5.84 Å². The predicted octanol–water partition coefficient (Wildman–Crippen LogP) is -0.0437. The first-order valence-corrected chi connectivity index (χ1v) is 2.85. The van der Waals surface area contributed by atoms with Crippen LogP contribution in [0, 0.1) is 11.3 Å². The van der Waals surface area contributed by atoms with E-state index in [9.17, 15) is 0 Å². The minimum atomic E-state index is -0.347. The molecule has 0 spiro atoms. The number of nitrogens with zero attached hydrogens (tertiary/aromatic N) is 3. The number of hydrogen-bond donors (Lipinski definition) is 1. The van der Waals surface area contributed by atoms with E-state index in [2.05, 4.69) is 9.98 Å². The third-order valence-corrected chi connectivity index (χ3v) is 0.875. The van der Waals surface area contributed by atoms with Crippen molar-refractivity contribution in [1.29, 1.82) is 5.26 Å². The highest BCUT2D eigenvalue weighted by atomic mass is 14.9. The van der Waals surface area contributed by atoms with E-state index in [1.54, 1.807) is 14.0 Å². The molecule has 0 saturated heterocycles. The van der Waals surface area contributed by atoms with Crippen LogP contribution in [0.4, 0.5) is 0 Å². The third-order valence-electron chi connectivity index (χ3n) is 0.875. The highest BCUT2D eigenvalue weighted by Crippen LogP contribution is 1.82. The first-order valence-electron chi connectivity index (χ1n) is 2.85. The molecule has 0 aromatic rings. The van der Waals surface area contributed by atoms with Gasteiger partial charge in [0.1, 0.15) is 11.9 Å². The molecular weight excluding hydrogens is 128 g/mol. The van der Waals surface area contributed by atoms with Crippen molar-refractivity contribution in [2.45, 2.75) is 13.0 Å². The van der Waals surface area contributed by atoms with Crippen LogP contribution in [-0.2, 0) is 0 Å². The number of amidine groups is 1. The molecule has 2 N–H and O–H groups in total. The zero-order valence-corrected chi connectivity index (χ0v) is 6.07. The summed E-state index contributed by atoms with van der Waals surface area (Å²) in [5, 5.41) is 8.28. The fourth-order valence-corrected chi connectivity index (χ4v) is 0.279. The van der Waals surface area contributed by atoms with Gasteiger partial charge in [0.15, 0.2) is 0 Å². The summed E-state index contributed by atoms with van der Waals surface area (Å²) < 4.78 is 0. The van der Waals surface area contributed by atoms with E-state index < -0.39 is 0 Å². The summed E-state index contributed by atoms with van der Waals surface area (Å²) in [6, 6.07) is 1.59. The Hall–Kier alpha value is -1.37. The maximum absolute atomic E-state index is 8.28. The van der Waals surface area contributed by atoms with E-state index in [1.807, 2.05) is 6.07 Å². The molecule has 0 amide bonds. The lowest BCUT2D eigenvalue weighted by Gasteiger charge is -1.90. The first-order chi connectivity index (χ1) is 4.70. The second kappa shape index (κ2) is 4.50. The monoisotopic (exact) mass is 138 g/mol. The van der Waals surface area contributed by atoms with E-state index in [0.717, 1.165) is 0 Å². The highest BCUT2D eigenvalue weighted by Gasteiger charge is 1.90. The number of rotatable bonds is 2. The summed E-state index contributed by atoms with van der Waals surface area (Å²) in [7, 11) is 1.57. The summed E-state index contributed by atoms with van der Waals surface area (Å²) in [5.41, 5.74) is 5.27. The van der Waals surface area contributed by atoms with Gasteiger partial charge in [0.25, 0.3) is 0 Å². The molecule has 0 aliphatic carbocycles. The fourth-order valence-electron chi connectivity index (χ4n) is 0.279. The summed E-state index contributed by atoms with van der Waals surface area (Å²) in [6.45, 7) is 1.68. The van der Waals surface area contributed by atoms with E-state index in [-0.39, 0.29) is 6.04 Å². The van der Waals surface area contributed by atoms with E-state index in [1.165, 1.54) is 6.21 Å². The largest absolute Gasteiger partial charge is 0.383 e. The van der Waals surface area contributed by atoms with Gasteiger partial charge in [-0.2, -0.15) is 5.26 Å². The molecule has 1 atom stereocenters. The van der Waals surface area contributed by atoms with Crippen LogP contribution in [-0.4, -0.2) is 25.1 Å². The lowest BCUT2D eigenvalue weighted by molar-refractivity contribution is 0.948. The smallest absolute Gasteiger partial charge is 0.136 e. The SMILES string of the molecule is CN=C(N)C=NC(C)C#N. The summed E-state index contributed by atoms with van der Waals surface area (Å²) >= 11 is 0. The molecule has 0 bridgehead atoms. The Balaban J connectivity index is 3.90. The maximum atomic E-state index is 8.28. The Morgan fingerprint density at radius 3 is 2.80 bits per heavy atom. The molecule has 54 valence electrons. The molecule has 4 nitrogen and oxygen atoms in total. The van der Waals surface area contributed by atoms with Crippen LogP contribution in [0.1, 0.15) is 6.92 Å². The zero-order chi connectivity index (χ0) is 7.98. The van der Waals surface area contributed by atoms with E-state index >= 15 is 0 Å². The molecule has 0 aromatic carbocycles. The normalized spacial score (nSPS) is 15.1. The third kappa shape index (κ3) is 3.61. The number of hydrogen-bond acceptors (Lipinski definition) is 3. The molecule has 0 aliphatic heterocycles. The van der Waals surface area contributed by atoms with Gasteiger partial charge in [-0.3, -0.25) is 9.98 Å². The van der Waals surface area contributed by atoms with Crippen molar-refractivity contribution in [1.82, 2.24) is 0 Å². The standard InChI is InChI=1S/C6H10N4/c1-5(3-7)10-4-6(8)9-2/h4-5H,1-2H3,(H2,8,9). The number of nitriles is 1. The Morgan fingerprint density at radius 1 is 1.80 bits per heavy atom. The van der Waals surface area contributed by atoms with Crippen molar-refractivity contribution in [3.05, 3.63) is 0 Å². The molecule has 0 aromatic heterocycles. The molecular formula is C6H10N4. The molecule has 0 rings (SSSR count). The molecule has 0 saturated carbocycles. The van der Waals surface area contributed by atoms with Gasteiger partial charge in [0, 0.05) is 7.05 Å². The predicted molar refractivity (Wildman–Crippen MR) is 41.1 cm³/mol. The van der Waals surface area contributed by atoms with Gasteiger partial charge in [-0.25, -0.2) is 0 Å². The summed E-state index contributed by atoms with van der Waals surface area (Å²) in [5.74, 6) is 0.335. The second-order valence-corrected chi connectivity index (χ2v) is 1.73. The van der Waals surface area contributed by atoms with Crippen molar-refractivity contribution in [3.63, 3.8) is 0 Å². The molecule has 0 fully saturated rings. The minimum absolute atomic E-state index is 0.335. The topological polar surface area (TPSA) is 74.5 Å². The molecule has 0 aliphatic rings. The van der Waals surface area contributed by atoms with Crippen molar-refractivity contribution in [3.8, 4) is 6.07 Å². The lowest BCUT2D eigenvalue weighted by atomic mass is 10.4. The molecule has 1 unspecified atom stereocenters. The van der Waals surface area contributed by atoms with Crippen molar-refractivity contribution >= 4 is 12.1 Å². The Kier molecular flexibility index (Phi) is 3.89. The van der Waals surface area contributed by atoms with Crippen molar-refractivity contribution in [2.75, 3.05) is 7.05 Å². The zero-order valence-electron chi connectivity index (χ0n) is 6.07. The van der Waals surface area contributed by atoms with Crippen LogP contribution in [0.5, 0.6) is 0 Å². The molecule has 4 heteroatoms. The summed E-state index contributed by atoms with van der Waals surface area (Å²) in [4.78, 5) is 7.40. The van der Waals surface area contributed by atoms with E-state index in [4.69, 9.17) is 11.0 Å². The Bertz CT molecular complexity index is 186. The summed E-state index contributed by atoms with van der Waals surface area (Å²) in [6.07, 6.45) is 1.38. The molecule has 0 radical (unpaired) electrons. The van der Waals surface area contributed by atoms with Crippen LogP contribution < -0.4 is 5.73 Å². The average molecular weight is 138 g/mol. The molecule has 0 heterocycles. The van der Waals surface area contributed by atoms with Crippen LogP contribution in [0.15, 0.2) is 9.98 Å². The van der Waals surface area contributed by atoms with Crippen LogP contribution in [0.3, 0.4) is 0 Å². The van der Waals surface area contributed by atoms with Crippen LogP contribution in [0.25, 0.3) is 0 Å². The van der Waals surface area contributed by atoms with Gasteiger partial charge >= 0.3 is 0 Å². The second-order valence-electron chi connectivity index (χ2n) is 1.73. The van der Waals surface area contributed by atoms with Gasteiger partial charge in [-0.15, -0.1) is 0 Å². The Morgan fingerprint density at radius 2 is 2.40 bits per heavy atom. The highest BCUT2D eigenvalue weighted by molar-refractivity contribution is 6.28. The minimum Gasteiger partial charge on any atom is -0.383 e. The van der Waals surface area contributed by atoms with Crippen LogP contribution >= 0.6 is 0 Å². The Labute approximate surface area is 60.1 Å². The van der Waals surface area contributed by atoms with Gasteiger partial charge in [0.2, 0.25) is 0 Å². The number of aliphatic imine (C=N–C) groups is 2. The van der Waals surface area contributed by atoms with Gasteiger partial charge in [-0.05, 0) is 6.92 Å². The van der Waals surface area contributed by atoms with Crippen molar-refractivity contribution < 1.29 is 0 Å². The number of nitrogens with two attached hydrogens (primary N) is 1. The fraction of sp³-hybridized carbons (Fsp3) is 0.500. The lowest BCUT2D eigenvalue weighted by Crippen LogP contribution is -2.13. The maximum Gasteiger partial charge on any atom is 0.136 e. The first kappa shape index (κ1) is 8.63.